The Morgan fingerprint density at radius 1 is 1.00 bits per heavy atom. The Balaban J connectivity index is 1.54. The van der Waals surface area contributed by atoms with Crippen LogP contribution in [0.3, 0.4) is 0 Å². The highest BCUT2D eigenvalue weighted by Gasteiger charge is 2.24. The Labute approximate surface area is 166 Å². The highest BCUT2D eigenvalue weighted by molar-refractivity contribution is 5.77. The van der Waals surface area contributed by atoms with Crippen LogP contribution in [-0.4, -0.2) is 43.6 Å². The van der Waals surface area contributed by atoms with E-state index in [1.165, 1.54) is 7.11 Å². The Morgan fingerprint density at radius 3 is 2.04 bits per heavy atom. The molecule has 0 aromatic heterocycles. The van der Waals surface area contributed by atoms with Crippen molar-refractivity contribution in [3.63, 3.8) is 0 Å². The molecule has 2 amide bonds. The topological polar surface area (TPSA) is 58.6 Å². The molecule has 1 saturated heterocycles. The van der Waals surface area contributed by atoms with Crippen LogP contribution in [0.1, 0.15) is 36.3 Å². The summed E-state index contributed by atoms with van der Waals surface area (Å²) in [5, 5.41) is 3.11. The summed E-state index contributed by atoms with van der Waals surface area (Å²) < 4.78 is 4.77. The number of carbonyl (C=O) groups is 2. The molecule has 0 unspecified atom stereocenters. The van der Waals surface area contributed by atoms with Gasteiger partial charge in [-0.3, -0.25) is 4.79 Å². The van der Waals surface area contributed by atoms with Crippen LogP contribution in [0.25, 0.3) is 0 Å². The van der Waals surface area contributed by atoms with Crippen molar-refractivity contribution in [1.29, 1.82) is 0 Å². The minimum Gasteiger partial charge on any atom is -0.453 e. The minimum absolute atomic E-state index is 0.0450. The number of benzene rings is 2. The number of hydrogen-bond acceptors (Lipinski definition) is 3. The Hall–Kier alpha value is -2.82. The number of amides is 2. The van der Waals surface area contributed by atoms with E-state index in [0.717, 1.165) is 24.0 Å². The number of piperidine rings is 1. The molecule has 0 spiro atoms. The lowest BCUT2D eigenvalue weighted by atomic mass is 9.88. The molecular formula is C23H28N2O3. The van der Waals surface area contributed by atoms with Crippen molar-refractivity contribution in [3.05, 3.63) is 71.8 Å². The lowest BCUT2D eigenvalue weighted by molar-refractivity contribution is -0.121. The predicted molar refractivity (Wildman–Crippen MR) is 109 cm³/mol. The highest BCUT2D eigenvalue weighted by atomic mass is 16.5. The highest BCUT2D eigenvalue weighted by Crippen LogP contribution is 2.28. The van der Waals surface area contributed by atoms with Gasteiger partial charge in [-0.25, -0.2) is 4.79 Å². The number of hydrogen-bond donors (Lipinski definition) is 1. The van der Waals surface area contributed by atoms with Gasteiger partial charge in [-0.1, -0.05) is 60.7 Å². The smallest absolute Gasteiger partial charge is 0.409 e. The zero-order valence-corrected chi connectivity index (χ0v) is 16.3. The van der Waals surface area contributed by atoms with Gasteiger partial charge < -0.3 is 15.0 Å². The minimum atomic E-state index is -0.268. The zero-order valence-electron chi connectivity index (χ0n) is 16.3. The van der Waals surface area contributed by atoms with Gasteiger partial charge >= 0.3 is 6.09 Å². The van der Waals surface area contributed by atoms with E-state index in [4.69, 9.17) is 4.74 Å². The summed E-state index contributed by atoms with van der Waals surface area (Å²) in [7, 11) is 1.41. The number of ether oxygens (including phenoxy) is 1. The summed E-state index contributed by atoms with van der Waals surface area (Å²) in [5.74, 6) is 0.508. The van der Waals surface area contributed by atoms with E-state index >= 15 is 0 Å². The molecule has 1 aliphatic heterocycles. The first-order valence-corrected chi connectivity index (χ1v) is 9.87. The van der Waals surface area contributed by atoms with Crippen molar-refractivity contribution in [3.8, 4) is 0 Å². The fraction of sp³-hybridized carbons (Fsp3) is 0.391. The van der Waals surface area contributed by atoms with Crippen LogP contribution in [-0.2, 0) is 9.53 Å². The number of methoxy groups -OCH3 is 1. The first kappa shape index (κ1) is 19.9. The first-order valence-electron chi connectivity index (χ1n) is 9.87. The van der Waals surface area contributed by atoms with Crippen LogP contribution in [0.5, 0.6) is 0 Å². The van der Waals surface area contributed by atoms with Gasteiger partial charge in [0.15, 0.2) is 0 Å². The molecule has 0 atom stereocenters. The van der Waals surface area contributed by atoms with Crippen LogP contribution in [0.4, 0.5) is 4.79 Å². The molecular weight excluding hydrogens is 352 g/mol. The maximum absolute atomic E-state index is 12.7. The molecule has 1 N–H and O–H groups in total. The maximum atomic E-state index is 12.7. The normalized spacial score (nSPS) is 14.7. The van der Waals surface area contributed by atoms with E-state index < -0.39 is 0 Å². The lowest BCUT2D eigenvalue weighted by Gasteiger charge is -2.31. The van der Waals surface area contributed by atoms with Crippen molar-refractivity contribution in [2.45, 2.75) is 25.2 Å². The third-order valence-corrected chi connectivity index (χ3v) is 5.43. The Bertz CT molecular complexity index is 716. The maximum Gasteiger partial charge on any atom is 0.409 e. The molecule has 2 aromatic carbocycles. The molecule has 3 rings (SSSR count). The third kappa shape index (κ3) is 5.35. The zero-order chi connectivity index (χ0) is 19.8. The van der Waals surface area contributed by atoms with Gasteiger partial charge in [-0.2, -0.15) is 0 Å². The average Bonchev–Trinajstić information content (AvgIpc) is 2.77. The van der Waals surface area contributed by atoms with Gasteiger partial charge in [0.2, 0.25) is 5.91 Å². The van der Waals surface area contributed by atoms with Gasteiger partial charge in [0.25, 0.3) is 0 Å². The fourth-order valence-corrected chi connectivity index (χ4v) is 3.76. The predicted octanol–water partition coefficient (Wildman–Crippen LogP) is 3.80. The second-order valence-electron chi connectivity index (χ2n) is 7.28. The van der Waals surface area contributed by atoms with Crippen LogP contribution in [0.2, 0.25) is 0 Å². The molecule has 0 saturated carbocycles. The van der Waals surface area contributed by atoms with Gasteiger partial charge in [0.1, 0.15) is 0 Å². The van der Waals surface area contributed by atoms with Crippen LogP contribution in [0.15, 0.2) is 60.7 Å². The van der Waals surface area contributed by atoms with Crippen molar-refractivity contribution in [1.82, 2.24) is 10.2 Å². The van der Waals surface area contributed by atoms with Gasteiger partial charge in [0.05, 0.1) is 7.11 Å². The molecule has 5 heteroatoms. The molecule has 1 heterocycles. The molecule has 1 aliphatic rings. The largest absolute Gasteiger partial charge is 0.453 e. The van der Waals surface area contributed by atoms with E-state index in [9.17, 15) is 9.59 Å². The van der Waals surface area contributed by atoms with Crippen molar-refractivity contribution >= 4 is 12.0 Å². The molecule has 1 fully saturated rings. The van der Waals surface area contributed by atoms with Gasteiger partial charge in [-0.15, -0.1) is 0 Å². The van der Waals surface area contributed by atoms with Crippen molar-refractivity contribution in [2.24, 2.45) is 5.92 Å². The lowest BCUT2D eigenvalue weighted by Crippen LogP contribution is -2.41. The molecule has 0 radical (unpaired) electrons. The third-order valence-electron chi connectivity index (χ3n) is 5.43. The number of nitrogens with one attached hydrogen (secondary N) is 1. The molecule has 0 aliphatic carbocycles. The summed E-state index contributed by atoms with van der Waals surface area (Å²) in [6.45, 7) is 2.03. The molecule has 28 heavy (non-hydrogen) atoms. The van der Waals surface area contributed by atoms with Crippen LogP contribution >= 0.6 is 0 Å². The quantitative estimate of drug-likeness (QED) is 0.829. The summed E-state index contributed by atoms with van der Waals surface area (Å²) in [6.07, 6.45) is 1.93. The van der Waals surface area contributed by atoms with E-state index in [1.807, 2.05) is 36.4 Å². The van der Waals surface area contributed by atoms with Crippen molar-refractivity contribution < 1.29 is 14.3 Å². The average molecular weight is 380 g/mol. The van der Waals surface area contributed by atoms with E-state index in [-0.39, 0.29) is 17.9 Å². The monoisotopic (exact) mass is 380 g/mol. The second-order valence-corrected chi connectivity index (χ2v) is 7.28. The summed E-state index contributed by atoms with van der Waals surface area (Å²) in [5.41, 5.74) is 2.30. The number of carbonyl (C=O) groups excluding carboxylic acids is 2. The number of rotatable bonds is 6. The fourth-order valence-electron chi connectivity index (χ4n) is 3.76. The van der Waals surface area contributed by atoms with E-state index in [2.05, 4.69) is 29.6 Å². The van der Waals surface area contributed by atoms with Crippen molar-refractivity contribution in [2.75, 3.05) is 26.7 Å². The first-order chi connectivity index (χ1) is 13.7. The van der Waals surface area contributed by atoms with Gasteiger partial charge in [-0.05, 0) is 29.9 Å². The number of nitrogens with zero attached hydrogens (tertiary/aromatic N) is 1. The molecule has 2 aromatic rings. The van der Waals surface area contributed by atoms with Crippen LogP contribution in [0, 0.1) is 5.92 Å². The summed E-state index contributed by atoms with van der Waals surface area (Å²) >= 11 is 0. The second kappa shape index (κ2) is 9.93. The summed E-state index contributed by atoms with van der Waals surface area (Å²) in [4.78, 5) is 26.0. The number of likely N-dealkylation sites (tertiary alicyclic amines) is 1. The SMILES string of the molecule is COC(=O)N1CCC(CNC(=O)CC(c2ccccc2)c2ccccc2)CC1. The van der Waals surface area contributed by atoms with E-state index in [0.29, 0.717) is 32.0 Å². The molecule has 148 valence electrons. The van der Waals surface area contributed by atoms with Crippen LogP contribution < -0.4 is 5.32 Å². The summed E-state index contributed by atoms with van der Waals surface area (Å²) in [6, 6.07) is 20.3. The molecule has 5 nitrogen and oxygen atoms in total. The Kier molecular flexibility index (Phi) is 7.06. The van der Waals surface area contributed by atoms with Gasteiger partial charge in [0, 0.05) is 32.0 Å². The standard InChI is InChI=1S/C23H28N2O3/c1-28-23(27)25-14-12-18(13-15-25)17-24-22(26)16-21(19-8-4-2-5-9-19)20-10-6-3-7-11-20/h2-11,18,21H,12-17H2,1H3,(H,24,26). The molecule has 0 bridgehead atoms. The van der Waals surface area contributed by atoms with E-state index in [1.54, 1.807) is 4.90 Å². The Morgan fingerprint density at radius 2 is 1.54 bits per heavy atom.